The number of aliphatic hydroxyl groups is 1. The maximum Gasteiger partial charge on any atom is 0.254 e. The number of benzene rings is 2. The van der Waals surface area contributed by atoms with Crippen LogP contribution >= 0.6 is 11.6 Å². The summed E-state index contributed by atoms with van der Waals surface area (Å²) in [6.07, 6.45) is 4.44. The van der Waals surface area contributed by atoms with Crippen LogP contribution in [0.25, 0.3) is 11.3 Å². The van der Waals surface area contributed by atoms with Crippen molar-refractivity contribution < 1.29 is 14.3 Å². The number of aromatic nitrogens is 2. The van der Waals surface area contributed by atoms with Gasteiger partial charge in [-0.3, -0.25) is 4.79 Å². The molecule has 2 aromatic carbocycles. The summed E-state index contributed by atoms with van der Waals surface area (Å²) in [5, 5.41) is 16.2. The van der Waals surface area contributed by atoms with Gasteiger partial charge in [0.15, 0.2) is 0 Å². The third-order valence-electron chi connectivity index (χ3n) is 6.39. The van der Waals surface area contributed by atoms with Crippen LogP contribution in [0.3, 0.4) is 0 Å². The maximum atomic E-state index is 15.1. The largest absolute Gasteiger partial charge is 0.393 e. The molecule has 1 fully saturated rings. The minimum absolute atomic E-state index is 0.0826. The molecule has 0 radical (unpaired) electrons. The number of likely N-dealkylation sites (N-methyl/N-ethyl adjacent to an activating group) is 1. The Morgan fingerprint density at radius 1 is 1.23 bits per heavy atom. The van der Waals surface area contributed by atoms with Crippen LogP contribution in [0.15, 0.2) is 48.7 Å². The lowest BCUT2D eigenvalue weighted by atomic mass is 9.85. The second kappa shape index (κ2) is 11.1. The molecule has 1 saturated carbocycles. The van der Waals surface area contributed by atoms with Crippen molar-refractivity contribution in [2.24, 2.45) is 0 Å². The second-order valence-corrected chi connectivity index (χ2v) is 9.30. The number of carbonyl (C=O) groups excluding carboxylic acids is 1. The highest BCUT2D eigenvalue weighted by atomic mass is 35.5. The van der Waals surface area contributed by atoms with Crippen molar-refractivity contribution in [3.63, 3.8) is 0 Å². The fourth-order valence-electron chi connectivity index (χ4n) is 4.45. The van der Waals surface area contributed by atoms with Crippen LogP contribution in [-0.4, -0.2) is 40.7 Å². The zero-order valence-electron chi connectivity index (χ0n) is 19.5. The van der Waals surface area contributed by atoms with E-state index in [1.54, 1.807) is 37.5 Å². The topological polar surface area (TPSA) is 113 Å². The zero-order chi connectivity index (χ0) is 24.9. The summed E-state index contributed by atoms with van der Waals surface area (Å²) in [6, 6.07) is 11.1. The molecule has 5 N–H and O–H groups in total. The SMILES string of the molecule is CNCC(NC(=O)c1ccc(-c2nc(C3CCC(O)CC3)cnc2N)cc1F)c1cccc(Cl)c1. The van der Waals surface area contributed by atoms with Crippen LogP contribution in [0, 0.1) is 5.82 Å². The van der Waals surface area contributed by atoms with Gasteiger partial charge in [-0.15, -0.1) is 0 Å². The quantitative estimate of drug-likeness (QED) is 0.388. The number of amides is 1. The second-order valence-electron chi connectivity index (χ2n) is 8.87. The van der Waals surface area contributed by atoms with E-state index in [0.717, 1.165) is 24.1 Å². The molecule has 3 aromatic rings. The molecule has 1 heterocycles. The molecule has 1 aliphatic carbocycles. The molecule has 0 aliphatic heterocycles. The van der Waals surface area contributed by atoms with Crippen molar-refractivity contribution in [1.82, 2.24) is 20.6 Å². The average molecular weight is 498 g/mol. The zero-order valence-corrected chi connectivity index (χ0v) is 20.2. The van der Waals surface area contributed by atoms with E-state index in [1.807, 2.05) is 6.07 Å². The molecule has 0 saturated heterocycles. The highest BCUT2D eigenvalue weighted by Crippen LogP contribution is 2.34. The molecule has 4 rings (SSSR count). The van der Waals surface area contributed by atoms with Crippen LogP contribution in [0.5, 0.6) is 0 Å². The Morgan fingerprint density at radius 2 is 2.00 bits per heavy atom. The highest BCUT2D eigenvalue weighted by Gasteiger charge is 2.24. The molecule has 7 nitrogen and oxygen atoms in total. The lowest BCUT2D eigenvalue weighted by Gasteiger charge is -2.25. The molecule has 1 atom stereocenters. The normalized spacial score (nSPS) is 18.7. The smallest absolute Gasteiger partial charge is 0.254 e. The molecule has 9 heteroatoms. The molecule has 184 valence electrons. The number of anilines is 1. The van der Waals surface area contributed by atoms with E-state index in [2.05, 4.69) is 20.6 Å². The Labute approximate surface area is 208 Å². The van der Waals surface area contributed by atoms with Gasteiger partial charge in [-0.1, -0.05) is 29.8 Å². The Morgan fingerprint density at radius 3 is 2.69 bits per heavy atom. The first-order chi connectivity index (χ1) is 16.9. The van der Waals surface area contributed by atoms with Crippen LogP contribution in [-0.2, 0) is 0 Å². The van der Waals surface area contributed by atoms with E-state index in [4.69, 9.17) is 17.3 Å². The number of halogens is 2. The molecule has 0 bridgehead atoms. The average Bonchev–Trinajstić information content (AvgIpc) is 2.84. The van der Waals surface area contributed by atoms with Crippen molar-refractivity contribution in [3.8, 4) is 11.3 Å². The third kappa shape index (κ3) is 5.96. The summed E-state index contributed by atoms with van der Waals surface area (Å²) in [5.41, 5.74) is 8.40. The fourth-order valence-corrected chi connectivity index (χ4v) is 4.65. The van der Waals surface area contributed by atoms with Gasteiger partial charge in [0, 0.05) is 23.0 Å². The number of rotatable bonds is 7. The number of nitrogen functional groups attached to an aromatic ring is 1. The van der Waals surface area contributed by atoms with Gasteiger partial charge in [0.2, 0.25) is 0 Å². The van der Waals surface area contributed by atoms with Crippen molar-refractivity contribution >= 4 is 23.3 Å². The number of hydrogen-bond acceptors (Lipinski definition) is 6. The fraction of sp³-hybridized carbons (Fsp3) is 0.346. The first-order valence-corrected chi connectivity index (χ1v) is 12.0. The van der Waals surface area contributed by atoms with Gasteiger partial charge in [0.1, 0.15) is 17.3 Å². The predicted molar refractivity (Wildman–Crippen MR) is 135 cm³/mol. The lowest BCUT2D eigenvalue weighted by molar-refractivity contribution is 0.0932. The monoisotopic (exact) mass is 497 g/mol. The molecule has 1 unspecified atom stereocenters. The van der Waals surface area contributed by atoms with Gasteiger partial charge in [0.05, 0.1) is 29.6 Å². The predicted octanol–water partition coefficient (Wildman–Crippen LogP) is 4.23. The molecule has 1 aliphatic rings. The summed E-state index contributed by atoms with van der Waals surface area (Å²) in [5.74, 6) is -0.850. The maximum absolute atomic E-state index is 15.1. The Hall–Kier alpha value is -3.07. The molecule has 0 spiro atoms. The summed E-state index contributed by atoms with van der Waals surface area (Å²) in [7, 11) is 1.77. The minimum atomic E-state index is -0.679. The van der Waals surface area contributed by atoms with E-state index < -0.39 is 17.8 Å². The van der Waals surface area contributed by atoms with Gasteiger partial charge in [-0.25, -0.2) is 14.4 Å². The molecular formula is C26H29ClFN5O2. The number of hydrogen-bond donors (Lipinski definition) is 4. The van der Waals surface area contributed by atoms with E-state index in [0.29, 0.717) is 35.7 Å². The van der Waals surface area contributed by atoms with Gasteiger partial charge < -0.3 is 21.5 Å². The standard InChI is InChI=1S/C26H29ClFN5O2/c1-30-13-22(16-3-2-4-18(27)11-16)33-26(35)20-10-7-17(12-21(20)28)24-25(29)31-14-23(32-24)15-5-8-19(34)9-6-15/h2-4,7,10-12,14-15,19,22,30,34H,5-6,8-9,13H2,1H3,(H2,29,31)(H,33,35). The summed E-state index contributed by atoms with van der Waals surface area (Å²) in [4.78, 5) is 21.9. The van der Waals surface area contributed by atoms with Gasteiger partial charge >= 0.3 is 0 Å². The van der Waals surface area contributed by atoms with Crippen molar-refractivity contribution in [3.05, 3.63) is 76.3 Å². The van der Waals surface area contributed by atoms with E-state index in [-0.39, 0.29) is 23.4 Å². The van der Waals surface area contributed by atoms with Gasteiger partial charge in [0.25, 0.3) is 5.91 Å². The van der Waals surface area contributed by atoms with Crippen LogP contribution < -0.4 is 16.4 Å². The molecule has 1 amide bonds. The first-order valence-electron chi connectivity index (χ1n) is 11.7. The molecular weight excluding hydrogens is 469 g/mol. The van der Waals surface area contributed by atoms with E-state index in [9.17, 15) is 9.90 Å². The van der Waals surface area contributed by atoms with E-state index in [1.165, 1.54) is 12.1 Å². The first kappa shape index (κ1) is 25.0. The Balaban J connectivity index is 1.55. The summed E-state index contributed by atoms with van der Waals surface area (Å²) >= 11 is 6.10. The molecule has 1 aromatic heterocycles. The number of nitrogens with one attached hydrogen (secondary N) is 2. The van der Waals surface area contributed by atoms with Crippen molar-refractivity contribution in [2.75, 3.05) is 19.3 Å². The van der Waals surface area contributed by atoms with Crippen molar-refractivity contribution in [2.45, 2.75) is 43.7 Å². The highest BCUT2D eigenvalue weighted by molar-refractivity contribution is 6.30. The van der Waals surface area contributed by atoms with E-state index >= 15 is 4.39 Å². The van der Waals surface area contributed by atoms with Crippen molar-refractivity contribution in [1.29, 1.82) is 0 Å². The Bertz CT molecular complexity index is 1200. The number of aliphatic hydroxyl groups excluding tert-OH is 1. The summed E-state index contributed by atoms with van der Waals surface area (Å²) in [6.45, 7) is 0.447. The molecule has 35 heavy (non-hydrogen) atoms. The van der Waals surface area contributed by atoms with Gasteiger partial charge in [-0.2, -0.15) is 0 Å². The van der Waals surface area contributed by atoms with Crippen LogP contribution in [0.4, 0.5) is 10.2 Å². The van der Waals surface area contributed by atoms with Crippen LogP contribution in [0.1, 0.15) is 59.3 Å². The van der Waals surface area contributed by atoms with Gasteiger partial charge in [-0.05, 0) is 62.6 Å². The number of nitrogens with two attached hydrogens (primary N) is 1. The Kier molecular flexibility index (Phi) is 7.95. The lowest BCUT2D eigenvalue weighted by Crippen LogP contribution is -2.35. The minimum Gasteiger partial charge on any atom is -0.393 e. The summed E-state index contributed by atoms with van der Waals surface area (Å²) < 4.78 is 15.1. The van der Waals surface area contributed by atoms with Crippen LogP contribution in [0.2, 0.25) is 5.02 Å². The number of carbonyl (C=O) groups is 1. The number of nitrogens with zero attached hydrogens (tertiary/aromatic N) is 2. The third-order valence-corrected chi connectivity index (χ3v) is 6.62.